The summed E-state index contributed by atoms with van der Waals surface area (Å²) in [6.07, 6.45) is 4.22. The second kappa shape index (κ2) is 21.1. The van der Waals surface area contributed by atoms with Crippen molar-refractivity contribution in [3.05, 3.63) is 0 Å². The molecule has 226 valence electrons. The molecule has 0 aliphatic heterocycles. The minimum atomic E-state index is -1.38. The maximum Gasteiger partial charge on any atom is 0.326 e. The van der Waals surface area contributed by atoms with E-state index < -0.39 is 65.9 Å². The number of aliphatic carboxylic acids is 1. The first-order valence-electron chi connectivity index (χ1n) is 12.6. The van der Waals surface area contributed by atoms with E-state index in [1.165, 1.54) is 30.4 Å². The Bertz CT molecular complexity index is 793. The summed E-state index contributed by atoms with van der Waals surface area (Å²) in [7, 11) is 0. The Balaban J connectivity index is 5.48. The first kappa shape index (κ1) is 37.3. The monoisotopic (exact) mass is 612 g/mol. The first-order chi connectivity index (χ1) is 18.4. The van der Waals surface area contributed by atoms with Crippen LogP contribution in [-0.4, -0.2) is 112 Å². The number of aliphatic hydroxyl groups excluding tert-OH is 1. The number of amides is 4. The zero-order chi connectivity index (χ0) is 30.0. The summed E-state index contributed by atoms with van der Waals surface area (Å²) in [4.78, 5) is 62.8. The maximum absolute atomic E-state index is 13.0. The van der Waals surface area contributed by atoms with Gasteiger partial charge in [-0.1, -0.05) is 0 Å². The van der Waals surface area contributed by atoms with Gasteiger partial charge >= 0.3 is 5.97 Å². The predicted octanol–water partition coefficient (Wildman–Crippen LogP) is -1.72. The Kier molecular flexibility index (Phi) is 20.2. The highest BCUT2D eigenvalue weighted by Crippen LogP contribution is 2.07. The second-order valence-electron chi connectivity index (χ2n) is 8.89. The van der Waals surface area contributed by atoms with E-state index in [1.54, 1.807) is 0 Å². The molecule has 6 atom stereocenters. The Morgan fingerprint density at radius 2 is 1.33 bits per heavy atom. The van der Waals surface area contributed by atoms with Gasteiger partial charge in [0, 0.05) is 5.75 Å². The minimum absolute atomic E-state index is 0.159. The molecule has 0 radical (unpaired) electrons. The largest absolute Gasteiger partial charge is 0.480 e. The SMILES string of the molecule is CSCCC(N)C(=O)NC(C(=O)NC(CS)C(=O)NC(CCCCN)C(=O)NC(CCSC)C(=O)O)C(C)O. The molecule has 0 heterocycles. The molecule has 0 rings (SSSR count). The molecule has 16 heteroatoms. The van der Waals surface area contributed by atoms with Crippen LogP contribution in [0.5, 0.6) is 0 Å². The van der Waals surface area contributed by atoms with Gasteiger partial charge in [0.2, 0.25) is 23.6 Å². The van der Waals surface area contributed by atoms with E-state index in [1.807, 2.05) is 12.5 Å². The minimum Gasteiger partial charge on any atom is -0.480 e. The molecule has 0 aromatic heterocycles. The normalized spacial score (nSPS) is 15.7. The summed E-state index contributed by atoms with van der Waals surface area (Å²) < 4.78 is 0. The van der Waals surface area contributed by atoms with Crippen LogP contribution < -0.4 is 32.7 Å². The molecule has 0 aliphatic carbocycles. The van der Waals surface area contributed by atoms with Crippen LogP contribution in [0, 0.1) is 0 Å². The van der Waals surface area contributed by atoms with Crippen molar-refractivity contribution in [2.24, 2.45) is 11.5 Å². The summed E-state index contributed by atoms with van der Waals surface area (Å²) in [5.41, 5.74) is 11.4. The van der Waals surface area contributed by atoms with Crippen LogP contribution in [0.2, 0.25) is 0 Å². The van der Waals surface area contributed by atoms with Crippen LogP contribution in [0.15, 0.2) is 0 Å². The van der Waals surface area contributed by atoms with Gasteiger partial charge in [-0.3, -0.25) is 19.2 Å². The topological polar surface area (TPSA) is 226 Å². The van der Waals surface area contributed by atoms with Crippen molar-refractivity contribution in [3.63, 3.8) is 0 Å². The molecular formula is C23H44N6O7S3. The van der Waals surface area contributed by atoms with Gasteiger partial charge in [-0.05, 0) is 69.6 Å². The van der Waals surface area contributed by atoms with Gasteiger partial charge in [0.05, 0.1) is 12.1 Å². The Labute approximate surface area is 243 Å². The second-order valence-corrected chi connectivity index (χ2v) is 11.2. The molecule has 6 unspecified atom stereocenters. The number of nitrogens with two attached hydrogens (primary N) is 2. The summed E-state index contributed by atoms with van der Waals surface area (Å²) in [5, 5.41) is 29.4. The number of hydrogen-bond donors (Lipinski definition) is 9. The van der Waals surface area contributed by atoms with E-state index in [9.17, 15) is 34.2 Å². The molecule has 13 nitrogen and oxygen atoms in total. The molecule has 10 N–H and O–H groups in total. The highest BCUT2D eigenvalue weighted by atomic mass is 32.2. The number of thioether (sulfide) groups is 2. The number of thiol groups is 1. The number of aliphatic hydroxyl groups is 1. The molecule has 0 spiro atoms. The smallest absolute Gasteiger partial charge is 0.326 e. The zero-order valence-corrected chi connectivity index (χ0v) is 25.2. The average molecular weight is 613 g/mol. The van der Waals surface area contributed by atoms with E-state index in [4.69, 9.17) is 11.5 Å². The Hall–Kier alpha value is -1.72. The molecule has 39 heavy (non-hydrogen) atoms. The van der Waals surface area contributed by atoms with Gasteiger partial charge in [0.15, 0.2) is 0 Å². The van der Waals surface area contributed by atoms with Crippen molar-refractivity contribution in [1.82, 2.24) is 21.3 Å². The van der Waals surface area contributed by atoms with E-state index >= 15 is 0 Å². The number of carboxylic acids is 1. The highest BCUT2D eigenvalue weighted by Gasteiger charge is 2.32. The molecule has 4 amide bonds. The van der Waals surface area contributed by atoms with Crippen molar-refractivity contribution in [2.75, 3.05) is 36.3 Å². The third-order valence-corrected chi connectivity index (χ3v) is 7.31. The molecule has 0 aliphatic rings. The molecule has 0 aromatic rings. The van der Waals surface area contributed by atoms with Crippen LogP contribution in [0.25, 0.3) is 0 Å². The maximum atomic E-state index is 13.0. The lowest BCUT2D eigenvalue weighted by molar-refractivity contribution is -0.142. The fourth-order valence-corrected chi connectivity index (χ4v) is 4.51. The molecule has 0 saturated carbocycles. The number of hydrogen-bond acceptors (Lipinski definition) is 11. The third kappa shape index (κ3) is 15.0. The fraction of sp³-hybridized carbons (Fsp3) is 0.783. The number of carboxylic acid groups (broad SMARTS) is 1. The zero-order valence-electron chi connectivity index (χ0n) is 22.7. The van der Waals surface area contributed by atoms with Crippen molar-refractivity contribution < 1.29 is 34.2 Å². The van der Waals surface area contributed by atoms with Crippen LogP contribution in [0.1, 0.15) is 39.0 Å². The van der Waals surface area contributed by atoms with E-state index in [0.717, 1.165) is 0 Å². The number of nitrogens with one attached hydrogen (secondary N) is 4. The summed E-state index contributed by atoms with van der Waals surface area (Å²) in [6.45, 7) is 1.68. The van der Waals surface area contributed by atoms with Gasteiger partial charge < -0.3 is 42.9 Å². The highest BCUT2D eigenvalue weighted by molar-refractivity contribution is 7.98. The number of rotatable bonds is 21. The number of carbonyl (C=O) groups is 5. The summed E-state index contributed by atoms with van der Waals surface area (Å²) >= 11 is 7.07. The lowest BCUT2D eigenvalue weighted by Crippen LogP contribution is -2.60. The van der Waals surface area contributed by atoms with E-state index in [2.05, 4.69) is 33.9 Å². The molecular weight excluding hydrogens is 568 g/mol. The van der Waals surface area contributed by atoms with Gasteiger partial charge in [0.1, 0.15) is 24.2 Å². The summed E-state index contributed by atoms with van der Waals surface area (Å²) in [5.74, 6) is -3.08. The molecule has 0 aromatic carbocycles. The van der Waals surface area contributed by atoms with Crippen LogP contribution in [0.3, 0.4) is 0 Å². The van der Waals surface area contributed by atoms with Crippen LogP contribution >= 0.6 is 36.2 Å². The van der Waals surface area contributed by atoms with Gasteiger partial charge in [-0.25, -0.2) is 4.79 Å². The van der Waals surface area contributed by atoms with Crippen molar-refractivity contribution in [1.29, 1.82) is 0 Å². The van der Waals surface area contributed by atoms with Crippen molar-refractivity contribution in [3.8, 4) is 0 Å². The lowest BCUT2D eigenvalue weighted by atomic mass is 10.1. The molecule has 0 saturated heterocycles. The van der Waals surface area contributed by atoms with Crippen LogP contribution in [0.4, 0.5) is 0 Å². The molecule has 0 fully saturated rings. The van der Waals surface area contributed by atoms with E-state index in [-0.39, 0.29) is 18.6 Å². The first-order valence-corrected chi connectivity index (χ1v) is 16.0. The van der Waals surface area contributed by atoms with Crippen molar-refractivity contribution >= 4 is 65.8 Å². The van der Waals surface area contributed by atoms with E-state index in [0.29, 0.717) is 37.3 Å². The number of unbranched alkanes of at least 4 members (excludes halogenated alkanes) is 1. The summed E-state index contributed by atoms with van der Waals surface area (Å²) in [6, 6.07) is -5.70. The average Bonchev–Trinajstić information content (AvgIpc) is 2.89. The predicted molar refractivity (Wildman–Crippen MR) is 158 cm³/mol. The standard InChI is InChI=1S/C23H44N6O7S3/c1-13(30)18(29-19(31)14(25)7-10-38-2)22(34)28-17(12-37)21(33)26-15(6-4-5-9-24)20(32)27-16(23(35)36)8-11-39-3/h13-18,30,37H,4-12,24-25H2,1-3H3,(H,26,33)(H,27,32)(H,28,34)(H,29,31)(H,35,36). The van der Waals surface area contributed by atoms with Crippen LogP contribution in [-0.2, 0) is 24.0 Å². The lowest BCUT2D eigenvalue weighted by Gasteiger charge is -2.26. The Morgan fingerprint density at radius 3 is 1.85 bits per heavy atom. The third-order valence-electron chi connectivity index (χ3n) is 5.65. The van der Waals surface area contributed by atoms with Gasteiger partial charge in [0.25, 0.3) is 0 Å². The van der Waals surface area contributed by atoms with Gasteiger partial charge in [-0.15, -0.1) is 0 Å². The number of carbonyl (C=O) groups excluding carboxylic acids is 4. The fourth-order valence-electron chi connectivity index (χ4n) is 3.30. The van der Waals surface area contributed by atoms with Gasteiger partial charge in [-0.2, -0.15) is 36.2 Å². The quantitative estimate of drug-likeness (QED) is 0.0523. The Morgan fingerprint density at radius 1 is 0.795 bits per heavy atom. The van der Waals surface area contributed by atoms with Crippen molar-refractivity contribution in [2.45, 2.75) is 75.3 Å². The molecule has 0 bridgehead atoms.